The van der Waals surface area contributed by atoms with Crippen molar-refractivity contribution >= 4 is 21.6 Å². The normalized spacial score (nSPS) is 11.0. The molecular formula is C22H21FN2O4S. The number of carbonyl (C=O) groups is 1. The van der Waals surface area contributed by atoms with E-state index in [2.05, 4.69) is 10.0 Å². The maximum absolute atomic E-state index is 13.1. The predicted molar refractivity (Wildman–Crippen MR) is 113 cm³/mol. The summed E-state index contributed by atoms with van der Waals surface area (Å²) in [5, 5.41) is 2.71. The number of amides is 1. The third kappa shape index (κ3) is 5.57. The molecule has 0 unspecified atom stereocenters. The van der Waals surface area contributed by atoms with Crippen molar-refractivity contribution in [2.24, 2.45) is 0 Å². The first-order chi connectivity index (χ1) is 14.3. The molecule has 0 aromatic heterocycles. The van der Waals surface area contributed by atoms with Gasteiger partial charge in [-0.1, -0.05) is 24.3 Å². The van der Waals surface area contributed by atoms with Crippen LogP contribution < -0.4 is 14.8 Å². The molecule has 0 spiro atoms. The lowest BCUT2D eigenvalue weighted by molar-refractivity contribution is 0.0948. The Balaban J connectivity index is 1.64. The number of nitrogens with one attached hydrogen (secondary N) is 2. The zero-order valence-electron chi connectivity index (χ0n) is 16.3. The van der Waals surface area contributed by atoms with Gasteiger partial charge in [-0.15, -0.1) is 0 Å². The molecule has 0 saturated heterocycles. The number of aryl methyl sites for hydroxylation is 1. The Morgan fingerprint density at radius 1 is 1.00 bits per heavy atom. The molecule has 0 aliphatic heterocycles. The number of carbonyl (C=O) groups excluding carboxylic acids is 1. The summed E-state index contributed by atoms with van der Waals surface area (Å²) in [6, 6.07) is 18.2. The number of rotatable bonds is 8. The third-order valence-corrected chi connectivity index (χ3v) is 5.57. The molecule has 2 N–H and O–H groups in total. The van der Waals surface area contributed by atoms with Gasteiger partial charge < -0.3 is 10.1 Å². The zero-order valence-corrected chi connectivity index (χ0v) is 17.1. The van der Waals surface area contributed by atoms with Crippen molar-refractivity contribution in [2.45, 2.75) is 11.8 Å². The van der Waals surface area contributed by atoms with Crippen LogP contribution >= 0.6 is 0 Å². The summed E-state index contributed by atoms with van der Waals surface area (Å²) in [5.41, 5.74) is 1.36. The Kier molecular flexibility index (Phi) is 6.68. The Labute approximate surface area is 174 Å². The Hall–Kier alpha value is -3.39. The van der Waals surface area contributed by atoms with Gasteiger partial charge in [0.2, 0.25) is 0 Å². The lowest BCUT2D eigenvalue weighted by atomic mass is 10.1. The fourth-order valence-corrected chi connectivity index (χ4v) is 3.80. The van der Waals surface area contributed by atoms with Crippen LogP contribution in [0.15, 0.2) is 77.7 Å². The maximum Gasteiger partial charge on any atom is 0.261 e. The highest BCUT2D eigenvalue weighted by atomic mass is 32.2. The summed E-state index contributed by atoms with van der Waals surface area (Å²) in [6.45, 7) is 2.46. The van der Waals surface area contributed by atoms with E-state index in [1.807, 2.05) is 31.2 Å². The highest BCUT2D eigenvalue weighted by molar-refractivity contribution is 7.92. The van der Waals surface area contributed by atoms with Crippen LogP contribution in [0.5, 0.6) is 5.75 Å². The van der Waals surface area contributed by atoms with Crippen molar-refractivity contribution in [1.29, 1.82) is 0 Å². The molecule has 0 atom stereocenters. The van der Waals surface area contributed by atoms with E-state index in [0.717, 1.165) is 29.8 Å². The number of hydrogen-bond acceptors (Lipinski definition) is 4. The average molecular weight is 428 g/mol. The van der Waals surface area contributed by atoms with Gasteiger partial charge in [0.25, 0.3) is 15.9 Å². The average Bonchev–Trinajstić information content (AvgIpc) is 2.71. The van der Waals surface area contributed by atoms with Gasteiger partial charge in [0.15, 0.2) is 0 Å². The molecule has 0 heterocycles. The Bertz CT molecular complexity index is 1130. The molecular weight excluding hydrogens is 407 g/mol. The van der Waals surface area contributed by atoms with Crippen LogP contribution in [0.2, 0.25) is 0 Å². The molecule has 1 amide bonds. The number of sulfonamides is 1. The standard InChI is InChI=1S/C22H21FN2O4S/c1-16-5-4-6-18(15-16)29-14-13-24-22(26)20-7-2-3-8-21(20)25-30(27,28)19-11-9-17(23)10-12-19/h2-12,15,25H,13-14H2,1H3,(H,24,26). The number of anilines is 1. The fourth-order valence-electron chi connectivity index (χ4n) is 2.72. The second-order valence-electron chi connectivity index (χ2n) is 6.53. The van der Waals surface area contributed by atoms with E-state index in [0.29, 0.717) is 5.75 Å². The molecule has 3 aromatic rings. The molecule has 156 valence electrons. The number of benzene rings is 3. The molecule has 8 heteroatoms. The summed E-state index contributed by atoms with van der Waals surface area (Å²) < 4.78 is 46.1. The minimum absolute atomic E-state index is 0.106. The lowest BCUT2D eigenvalue weighted by Crippen LogP contribution is -2.29. The molecule has 0 bridgehead atoms. The zero-order chi connectivity index (χ0) is 21.6. The van der Waals surface area contributed by atoms with Crippen molar-refractivity contribution in [3.8, 4) is 5.75 Å². The van der Waals surface area contributed by atoms with Gasteiger partial charge in [0, 0.05) is 0 Å². The smallest absolute Gasteiger partial charge is 0.261 e. The second-order valence-corrected chi connectivity index (χ2v) is 8.21. The van der Waals surface area contributed by atoms with Crippen LogP contribution in [0, 0.1) is 12.7 Å². The lowest BCUT2D eigenvalue weighted by Gasteiger charge is -2.13. The fraction of sp³-hybridized carbons (Fsp3) is 0.136. The molecule has 6 nitrogen and oxygen atoms in total. The minimum atomic E-state index is -3.97. The summed E-state index contributed by atoms with van der Waals surface area (Å²) in [4.78, 5) is 12.4. The quantitative estimate of drug-likeness (QED) is 0.536. The van der Waals surface area contributed by atoms with Gasteiger partial charge in [-0.05, 0) is 61.0 Å². The van der Waals surface area contributed by atoms with Crippen LogP contribution in [0.3, 0.4) is 0 Å². The summed E-state index contributed by atoms with van der Waals surface area (Å²) in [5.74, 6) is -0.279. The minimum Gasteiger partial charge on any atom is -0.492 e. The van der Waals surface area contributed by atoms with E-state index >= 15 is 0 Å². The molecule has 3 aromatic carbocycles. The molecule has 30 heavy (non-hydrogen) atoms. The van der Waals surface area contributed by atoms with Crippen LogP contribution in [-0.4, -0.2) is 27.5 Å². The van der Waals surface area contributed by atoms with Gasteiger partial charge in [0.1, 0.15) is 18.2 Å². The van der Waals surface area contributed by atoms with E-state index in [-0.39, 0.29) is 29.3 Å². The number of para-hydroxylation sites is 1. The molecule has 0 saturated carbocycles. The van der Waals surface area contributed by atoms with E-state index < -0.39 is 21.7 Å². The SMILES string of the molecule is Cc1cccc(OCCNC(=O)c2ccccc2NS(=O)(=O)c2ccc(F)cc2)c1. The highest BCUT2D eigenvalue weighted by Gasteiger charge is 2.18. The first-order valence-electron chi connectivity index (χ1n) is 9.20. The van der Waals surface area contributed by atoms with Crippen molar-refractivity contribution < 1.29 is 22.3 Å². The number of ether oxygens (including phenoxy) is 1. The molecule has 0 fully saturated rings. The van der Waals surface area contributed by atoms with E-state index in [1.54, 1.807) is 12.1 Å². The summed E-state index contributed by atoms with van der Waals surface area (Å²) >= 11 is 0. The Morgan fingerprint density at radius 2 is 1.73 bits per heavy atom. The van der Waals surface area contributed by atoms with Gasteiger partial charge in [-0.25, -0.2) is 12.8 Å². The van der Waals surface area contributed by atoms with Crippen LogP contribution in [0.1, 0.15) is 15.9 Å². The van der Waals surface area contributed by atoms with E-state index in [1.165, 1.54) is 12.1 Å². The van der Waals surface area contributed by atoms with Crippen molar-refractivity contribution in [3.05, 3.63) is 89.7 Å². The van der Waals surface area contributed by atoms with Crippen LogP contribution in [0.4, 0.5) is 10.1 Å². The molecule has 0 aliphatic carbocycles. The van der Waals surface area contributed by atoms with Gasteiger partial charge in [0.05, 0.1) is 22.7 Å². The first-order valence-corrected chi connectivity index (χ1v) is 10.7. The van der Waals surface area contributed by atoms with Crippen molar-refractivity contribution in [1.82, 2.24) is 5.32 Å². The first kappa shape index (κ1) is 21.3. The number of halogens is 1. The monoisotopic (exact) mass is 428 g/mol. The van der Waals surface area contributed by atoms with Crippen molar-refractivity contribution in [2.75, 3.05) is 17.9 Å². The molecule has 3 rings (SSSR count). The van der Waals surface area contributed by atoms with E-state index in [9.17, 15) is 17.6 Å². The maximum atomic E-state index is 13.1. The number of hydrogen-bond donors (Lipinski definition) is 2. The van der Waals surface area contributed by atoms with Gasteiger partial charge in [-0.2, -0.15) is 0 Å². The van der Waals surface area contributed by atoms with Gasteiger partial charge in [-0.3, -0.25) is 9.52 Å². The summed E-state index contributed by atoms with van der Waals surface area (Å²) in [7, 11) is -3.97. The highest BCUT2D eigenvalue weighted by Crippen LogP contribution is 2.20. The second kappa shape index (κ2) is 9.41. The Morgan fingerprint density at radius 3 is 2.47 bits per heavy atom. The van der Waals surface area contributed by atoms with Gasteiger partial charge >= 0.3 is 0 Å². The summed E-state index contributed by atoms with van der Waals surface area (Å²) in [6.07, 6.45) is 0. The molecule has 0 radical (unpaired) electrons. The third-order valence-electron chi connectivity index (χ3n) is 4.19. The molecule has 0 aliphatic rings. The van der Waals surface area contributed by atoms with Crippen molar-refractivity contribution in [3.63, 3.8) is 0 Å². The largest absolute Gasteiger partial charge is 0.492 e. The predicted octanol–water partition coefficient (Wildman–Crippen LogP) is 3.74. The topological polar surface area (TPSA) is 84.5 Å². The van der Waals surface area contributed by atoms with Crippen LogP contribution in [0.25, 0.3) is 0 Å². The van der Waals surface area contributed by atoms with Crippen LogP contribution in [-0.2, 0) is 10.0 Å². The van der Waals surface area contributed by atoms with E-state index in [4.69, 9.17) is 4.74 Å².